The lowest BCUT2D eigenvalue weighted by Gasteiger charge is -2.37. The maximum atomic E-state index is 12.2. The van der Waals surface area contributed by atoms with Crippen LogP contribution in [0.5, 0.6) is 0 Å². The summed E-state index contributed by atoms with van der Waals surface area (Å²) in [5, 5.41) is 0.770. The van der Waals surface area contributed by atoms with Gasteiger partial charge in [0.2, 0.25) is 0 Å². The molecule has 1 saturated heterocycles. The van der Waals surface area contributed by atoms with Crippen LogP contribution in [0.2, 0.25) is 5.02 Å². The molecule has 118 valence electrons. The Morgan fingerprint density at radius 1 is 1.38 bits per heavy atom. The fourth-order valence-electron chi connectivity index (χ4n) is 3.03. The Kier molecular flexibility index (Phi) is 6.68. The van der Waals surface area contributed by atoms with Crippen LogP contribution >= 0.6 is 11.6 Å². The van der Waals surface area contributed by atoms with Crippen molar-refractivity contribution >= 4 is 22.4 Å². The number of methoxy groups -OCH3 is 1. The van der Waals surface area contributed by atoms with E-state index in [9.17, 15) is 4.21 Å². The molecule has 1 heterocycles. The summed E-state index contributed by atoms with van der Waals surface area (Å²) in [5.41, 5.74) is 1.32. The van der Waals surface area contributed by atoms with Crippen molar-refractivity contribution in [1.29, 1.82) is 0 Å². The van der Waals surface area contributed by atoms with E-state index in [0.29, 0.717) is 24.2 Å². The molecule has 1 fully saturated rings. The quantitative estimate of drug-likeness (QED) is 0.803. The van der Waals surface area contributed by atoms with Crippen LogP contribution in [-0.4, -0.2) is 54.5 Å². The Bertz CT molecular complexity index is 466. The van der Waals surface area contributed by atoms with Crippen molar-refractivity contribution in [1.82, 2.24) is 4.90 Å². The molecule has 0 saturated carbocycles. The minimum Gasteiger partial charge on any atom is -0.384 e. The lowest BCUT2D eigenvalue weighted by Crippen LogP contribution is -2.39. The second kappa shape index (κ2) is 8.28. The van der Waals surface area contributed by atoms with E-state index in [1.165, 1.54) is 5.56 Å². The summed E-state index contributed by atoms with van der Waals surface area (Å²) in [6.07, 6.45) is 1.12. The first kappa shape index (κ1) is 16.9. The van der Waals surface area contributed by atoms with Gasteiger partial charge in [0.15, 0.2) is 0 Å². The third kappa shape index (κ3) is 5.06. The molecule has 21 heavy (non-hydrogen) atoms. The average Bonchev–Trinajstić information content (AvgIpc) is 2.46. The molecule has 0 amide bonds. The van der Waals surface area contributed by atoms with Gasteiger partial charge in [-0.3, -0.25) is 4.21 Å². The highest BCUT2D eigenvalue weighted by molar-refractivity contribution is 7.85. The Morgan fingerprint density at radius 2 is 2.10 bits per heavy atom. The number of halogens is 1. The number of benzene rings is 1. The van der Waals surface area contributed by atoms with E-state index < -0.39 is 10.8 Å². The number of ether oxygens (including phenoxy) is 1. The van der Waals surface area contributed by atoms with Gasteiger partial charge in [0.1, 0.15) is 0 Å². The van der Waals surface area contributed by atoms with Gasteiger partial charge in [-0.1, -0.05) is 23.7 Å². The Balaban J connectivity index is 2.06. The van der Waals surface area contributed by atoms with E-state index >= 15 is 0 Å². The summed E-state index contributed by atoms with van der Waals surface area (Å²) in [7, 11) is 2.99. The first-order valence-corrected chi connectivity index (χ1v) is 9.24. The van der Waals surface area contributed by atoms with Crippen LogP contribution in [0, 0.1) is 5.92 Å². The molecule has 0 aliphatic carbocycles. The van der Waals surface area contributed by atoms with Crippen LogP contribution < -0.4 is 0 Å². The molecule has 0 radical (unpaired) electrons. The van der Waals surface area contributed by atoms with E-state index in [1.54, 1.807) is 7.11 Å². The zero-order valence-electron chi connectivity index (χ0n) is 12.8. The van der Waals surface area contributed by atoms with E-state index in [0.717, 1.165) is 30.3 Å². The molecule has 2 rings (SSSR count). The number of hydrogen-bond donors (Lipinski definition) is 0. The molecule has 5 heteroatoms. The van der Waals surface area contributed by atoms with E-state index in [2.05, 4.69) is 24.1 Å². The van der Waals surface area contributed by atoms with Crippen molar-refractivity contribution in [2.75, 3.05) is 45.4 Å². The van der Waals surface area contributed by atoms with Crippen molar-refractivity contribution in [3.8, 4) is 0 Å². The normalized spacial score (nSPS) is 24.9. The zero-order valence-corrected chi connectivity index (χ0v) is 14.3. The van der Waals surface area contributed by atoms with Crippen LogP contribution in [0.3, 0.4) is 0 Å². The summed E-state index contributed by atoms with van der Waals surface area (Å²) in [6, 6.07) is 8.13. The number of rotatable bonds is 6. The zero-order chi connectivity index (χ0) is 15.2. The van der Waals surface area contributed by atoms with E-state index in [4.69, 9.17) is 16.3 Å². The van der Waals surface area contributed by atoms with Gasteiger partial charge in [0.05, 0.1) is 6.61 Å². The molecular weight excluding hydrogens is 306 g/mol. The highest BCUT2D eigenvalue weighted by Crippen LogP contribution is 2.33. The topological polar surface area (TPSA) is 29.5 Å². The summed E-state index contributed by atoms with van der Waals surface area (Å²) in [6.45, 7) is 2.67. The standard InChI is InChI=1S/C16H24ClNO2S/c1-18-8-7-16(13-3-5-15(17)6-4-13)14(11-18)12-21(19)10-9-20-2/h3-6,14,16H,7-12H2,1-2H3. The molecule has 1 aliphatic rings. The third-order valence-electron chi connectivity index (χ3n) is 4.15. The molecule has 1 aromatic rings. The Hall–Kier alpha value is -0.420. The number of piperidine rings is 1. The minimum absolute atomic E-state index is 0.433. The molecule has 3 unspecified atom stereocenters. The average molecular weight is 330 g/mol. The van der Waals surface area contributed by atoms with Crippen LogP contribution in [-0.2, 0) is 15.5 Å². The van der Waals surface area contributed by atoms with Crippen LogP contribution in [0.4, 0.5) is 0 Å². The lowest BCUT2D eigenvalue weighted by atomic mass is 9.81. The molecule has 0 N–H and O–H groups in total. The van der Waals surface area contributed by atoms with Gasteiger partial charge < -0.3 is 9.64 Å². The maximum absolute atomic E-state index is 12.2. The molecule has 0 spiro atoms. The molecule has 1 aliphatic heterocycles. The van der Waals surface area contributed by atoms with Gasteiger partial charge in [0, 0.05) is 41.0 Å². The van der Waals surface area contributed by atoms with Gasteiger partial charge in [-0.15, -0.1) is 0 Å². The maximum Gasteiger partial charge on any atom is 0.0577 e. The smallest absolute Gasteiger partial charge is 0.0577 e. The largest absolute Gasteiger partial charge is 0.384 e. The SMILES string of the molecule is COCCS(=O)CC1CN(C)CCC1c1ccc(Cl)cc1. The third-order valence-corrected chi connectivity index (χ3v) is 5.82. The van der Waals surface area contributed by atoms with Gasteiger partial charge >= 0.3 is 0 Å². The highest BCUT2D eigenvalue weighted by atomic mass is 35.5. The highest BCUT2D eigenvalue weighted by Gasteiger charge is 2.30. The minimum atomic E-state index is -0.809. The number of likely N-dealkylation sites (tertiary alicyclic amines) is 1. The van der Waals surface area contributed by atoms with Gasteiger partial charge in [-0.2, -0.15) is 0 Å². The van der Waals surface area contributed by atoms with Gasteiger partial charge in [0.25, 0.3) is 0 Å². The van der Waals surface area contributed by atoms with Crippen molar-refractivity contribution in [2.45, 2.75) is 12.3 Å². The van der Waals surface area contributed by atoms with Crippen molar-refractivity contribution in [3.05, 3.63) is 34.9 Å². The molecule has 3 nitrogen and oxygen atoms in total. The molecule has 1 aromatic carbocycles. The van der Waals surface area contributed by atoms with Crippen molar-refractivity contribution < 1.29 is 8.95 Å². The van der Waals surface area contributed by atoms with Crippen LogP contribution in [0.25, 0.3) is 0 Å². The molecule has 0 bridgehead atoms. The van der Waals surface area contributed by atoms with Crippen LogP contribution in [0.1, 0.15) is 17.9 Å². The Labute approximate surface area is 135 Å². The molecule has 0 aromatic heterocycles. The van der Waals surface area contributed by atoms with Gasteiger partial charge in [-0.05, 0) is 49.5 Å². The summed E-state index contributed by atoms with van der Waals surface area (Å²) >= 11 is 5.98. The van der Waals surface area contributed by atoms with E-state index in [1.807, 2.05) is 12.1 Å². The van der Waals surface area contributed by atoms with E-state index in [-0.39, 0.29) is 0 Å². The predicted octanol–water partition coefficient (Wildman–Crippen LogP) is 2.77. The first-order chi connectivity index (χ1) is 10.1. The molecular formula is C16H24ClNO2S. The Morgan fingerprint density at radius 3 is 2.76 bits per heavy atom. The van der Waals surface area contributed by atoms with Crippen molar-refractivity contribution in [3.63, 3.8) is 0 Å². The predicted molar refractivity (Wildman–Crippen MR) is 89.5 cm³/mol. The fourth-order valence-corrected chi connectivity index (χ4v) is 4.49. The second-order valence-electron chi connectivity index (χ2n) is 5.77. The molecule has 3 atom stereocenters. The monoisotopic (exact) mass is 329 g/mol. The number of hydrogen-bond acceptors (Lipinski definition) is 3. The first-order valence-electron chi connectivity index (χ1n) is 7.38. The fraction of sp³-hybridized carbons (Fsp3) is 0.625. The second-order valence-corrected chi connectivity index (χ2v) is 7.83. The van der Waals surface area contributed by atoms with Crippen LogP contribution in [0.15, 0.2) is 24.3 Å². The van der Waals surface area contributed by atoms with Crippen molar-refractivity contribution in [2.24, 2.45) is 5.92 Å². The number of nitrogens with zero attached hydrogens (tertiary/aromatic N) is 1. The summed E-state index contributed by atoms with van der Waals surface area (Å²) in [5.74, 6) is 2.29. The summed E-state index contributed by atoms with van der Waals surface area (Å²) < 4.78 is 17.2. The lowest BCUT2D eigenvalue weighted by molar-refractivity contribution is 0.197. The summed E-state index contributed by atoms with van der Waals surface area (Å²) in [4.78, 5) is 2.34. The van der Waals surface area contributed by atoms with Gasteiger partial charge in [-0.25, -0.2) is 0 Å².